The van der Waals surface area contributed by atoms with Crippen molar-refractivity contribution in [2.75, 3.05) is 13.1 Å². The van der Waals surface area contributed by atoms with Crippen LogP contribution < -0.4 is 0 Å². The Hall–Kier alpha value is -0.860. The maximum atomic E-state index is 10.2. The Morgan fingerprint density at radius 3 is 2.42 bits per heavy atom. The number of β-amino-alcohol motifs (C(OH)–C–C–N with tert-alkyl or cyclic N) is 1. The van der Waals surface area contributed by atoms with Gasteiger partial charge < -0.3 is 5.11 Å². The number of hydrogen-bond donors (Lipinski definition) is 1. The maximum absolute atomic E-state index is 10.2. The van der Waals surface area contributed by atoms with Gasteiger partial charge in [-0.3, -0.25) is 4.90 Å². The monoisotopic (exact) mass is 261 g/mol. The molecule has 0 amide bonds. The predicted molar refractivity (Wildman–Crippen MR) is 80.2 cm³/mol. The van der Waals surface area contributed by atoms with Crippen LogP contribution in [-0.2, 0) is 6.54 Å². The Kier molecular flexibility index (Phi) is 4.32. The molecule has 106 valence electrons. The van der Waals surface area contributed by atoms with Crippen molar-refractivity contribution in [3.63, 3.8) is 0 Å². The zero-order valence-corrected chi connectivity index (χ0v) is 12.7. The summed E-state index contributed by atoms with van der Waals surface area (Å²) >= 11 is 0. The Labute approximate surface area is 117 Å². The average Bonchev–Trinajstić information content (AvgIpc) is 2.35. The molecule has 0 aliphatic carbocycles. The van der Waals surface area contributed by atoms with Crippen molar-refractivity contribution in [1.29, 1.82) is 0 Å². The summed E-state index contributed by atoms with van der Waals surface area (Å²) < 4.78 is 0. The molecule has 1 N–H and O–H groups in total. The molecule has 1 aromatic carbocycles. The van der Waals surface area contributed by atoms with Gasteiger partial charge in [0.25, 0.3) is 0 Å². The van der Waals surface area contributed by atoms with Gasteiger partial charge >= 0.3 is 0 Å². The van der Waals surface area contributed by atoms with E-state index in [9.17, 15) is 5.11 Å². The highest BCUT2D eigenvalue weighted by Crippen LogP contribution is 2.30. The number of aliphatic hydroxyl groups excluding tert-OH is 1. The zero-order valence-electron chi connectivity index (χ0n) is 12.7. The lowest BCUT2D eigenvalue weighted by Gasteiger charge is -2.41. The van der Waals surface area contributed by atoms with Crippen LogP contribution in [0.2, 0.25) is 0 Å². The SMILES string of the molecule is CC(C)c1ccc(CN2CCC(C)(C)C(O)C2)cc1. The zero-order chi connectivity index (χ0) is 14.0. The third-order valence-electron chi connectivity index (χ3n) is 4.46. The van der Waals surface area contributed by atoms with Crippen LogP contribution in [0.15, 0.2) is 24.3 Å². The van der Waals surface area contributed by atoms with Crippen molar-refractivity contribution in [2.24, 2.45) is 5.41 Å². The van der Waals surface area contributed by atoms with Gasteiger partial charge in [-0.2, -0.15) is 0 Å². The molecule has 1 atom stereocenters. The molecule has 1 unspecified atom stereocenters. The van der Waals surface area contributed by atoms with E-state index in [4.69, 9.17) is 0 Å². The lowest BCUT2D eigenvalue weighted by molar-refractivity contribution is -0.0278. The minimum absolute atomic E-state index is 0.0675. The molecule has 2 heteroatoms. The van der Waals surface area contributed by atoms with Crippen molar-refractivity contribution in [3.8, 4) is 0 Å². The first kappa shape index (κ1) is 14.5. The molecule has 2 nitrogen and oxygen atoms in total. The Bertz CT molecular complexity index is 408. The van der Waals surface area contributed by atoms with Gasteiger partial charge in [-0.25, -0.2) is 0 Å². The summed E-state index contributed by atoms with van der Waals surface area (Å²) in [5, 5.41) is 10.2. The maximum Gasteiger partial charge on any atom is 0.0718 e. The van der Waals surface area contributed by atoms with Crippen LogP contribution in [0.25, 0.3) is 0 Å². The van der Waals surface area contributed by atoms with Crippen molar-refractivity contribution in [3.05, 3.63) is 35.4 Å². The van der Waals surface area contributed by atoms with E-state index < -0.39 is 0 Å². The third-order valence-corrected chi connectivity index (χ3v) is 4.46. The quantitative estimate of drug-likeness (QED) is 0.901. The van der Waals surface area contributed by atoms with Crippen molar-refractivity contribution < 1.29 is 5.11 Å². The lowest BCUT2D eigenvalue weighted by atomic mass is 9.80. The second kappa shape index (κ2) is 5.64. The highest BCUT2D eigenvalue weighted by atomic mass is 16.3. The standard InChI is InChI=1S/C17H27NO/c1-13(2)15-7-5-14(6-8-15)11-18-10-9-17(3,4)16(19)12-18/h5-8,13,16,19H,9-12H2,1-4H3. The van der Waals surface area contributed by atoms with Gasteiger partial charge in [-0.1, -0.05) is 52.0 Å². The third kappa shape index (κ3) is 3.58. The summed E-state index contributed by atoms with van der Waals surface area (Å²) in [5.41, 5.74) is 2.80. The fraction of sp³-hybridized carbons (Fsp3) is 0.647. The molecule has 2 rings (SSSR count). The van der Waals surface area contributed by atoms with Gasteiger partial charge in [-0.15, -0.1) is 0 Å². The highest BCUT2D eigenvalue weighted by molar-refractivity contribution is 5.24. The van der Waals surface area contributed by atoms with Crippen LogP contribution in [0.3, 0.4) is 0 Å². The van der Waals surface area contributed by atoms with Crippen LogP contribution >= 0.6 is 0 Å². The smallest absolute Gasteiger partial charge is 0.0718 e. The fourth-order valence-corrected chi connectivity index (χ4v) is 2.61. The first-order chi connectivity index (χ1) is 8.88. The highest BCUT2D eigenvalue weighted by Gasteiger charge is 2.33. The number of nitrogens with zero attached hydrogens (tertiary/aromatic N) is 1. The summed E-state index contributed by atoms with van der Waals surface area (Å²) in [5.74, 6) is 0.589. The largest absolute Gasteiger partial charge is 0.391 e. The van der Waals surface area contributed by atoms with Crippen molar-refractivity contribution in [2.45, 2.75) is 52.7 Å². The number of piperidine rings is 1. The van der Waals surface area contributed by atoms with E-state index in [1.54, 1.807) is 0 Å². The molecule has 1 heterocycles. The van der Waals surface area contributed by atoms with Gasteiger partial charge in [0.15, 0.2) is 0 Å². The molecule has 1 saturated heterocycles. The second-order valence-electron chi connectivity index (χ2n) is 6.89. The van der Waals surface area contributed by atoms with E-state index in [-0.39, 0.29) is 11.5 Å². The molecule has 0 bridgehead atoms. The Morgan fingerprint density at radius 2 is 1.89 bits per heavy atom. The molecule has 0 aromatic heterocycles. The normalized spacial score (nSPS) is 23.8. The lowest BCUT2D eigenvalue weighted by Crippen LogP contribution is -2.47. The number of hydrogen-bond acceptors (Lipinski definition) is 2. The fourth-order valence-electron chi connectivity index (χ4n) is 2.61. The van der Waals surface area contributed by atoms with Gasteiger partial charge in [0.1, 0.15) is 0 Å². The molecule has 1 aliphatic heterocycles. The van der Waals surface area contributed by atoms with Crippen molar-refractivity contribution in [1.82, 2.24) is 4.90 Å². The Morgan fingerprint density at radius 1 is 1.26 bits per heavy atom. The van der Waals surface area contributed by atoms with Gasteiger partial charge in [-0.05, 0) is 35.4 Å². The minimum Gasteiger partial charge on any atom is -0.391 e. The number of rotatable bonds is 3. The molecule has 1 fully saturated rings. The molecule has 0 saturated carbocycles. The molecular weight excluding hydrogens is 234 g/mol. The van der Waals surface area contributed by atoms with E-state index in [0.717, 1.165) is 26.1 Å². The van der Waals surface area contributed by atoms with Crippen LogP contribution in [0.1, 0.15) is 51.2 Å². The van der Waals surface area contributed by atoms with E-state index in [2.05, 4.69) is 56.9 Å². The first-order valence-electron chi connectivity index (χ1n) is 7.38. The van der Waals surface area contributed by atoms with Gasteiger partial charge in [0.2, 0.25) is 0 Å². The Balaban J connectivity index is 1.95. The van der Waals surface area contributed by atoms with E-state index in [0.29, 0.717) is 5.92 Å². The predicted octanol–water partition coefficient (Wildman–Crippen LogP) is 3.40. The van der Waals surface area contributed by atoms with Crippen LogP contribution in [0.5, 0.6) is 0 Å². The summed E-state index contributed by atoms with van der Waals surface area (Å²) in [6, 6.07) is 8.90. The molecular formula is C17H27NO. The molecule has 0 spiro atoms. The number of benzene rings is 1. The summed E-state index contributed by atoms with van der Waals surface area (Å²) in [6.07, 6.45) is 0.856. The number of aliphatic hydroxyl groups is 1. The van der Waals surface area contributed by atoms with Crippen LogP contribution in [-0.4, -0.2) is 29.2 Å². The summed E-state index contributed by atoms with van der Waals surface area (Å²) in [6.45, 7) is 11.6. The van der Waals surface area contributed by atoms with E-state index in [1.165, 1.54) is 11.1 Å². The summed E-state index contributed by atoms with van der Waals surface area (Å²) in [4.78, 5) is 2.36. The average molecular weight is 261 g/mol. The minimum atomic E-state index is -0.212. The molecule has 1 aromatic rings. The van der Waals surface area contributed by atoms with Crippen molar-refractivity contribution >= 4 is 0 Å². The van der Waals surface area contributed by atoms with E-state index in [1.807, 2.05) is 0 Å². The van der Waals surface area contributed by atoms with Crippen LogP contribution in [0, 0.1) is 5.41 Å². The topological polar surface area (TPSA) is 23.5 Å². The second-order valence-corrected chi connectivity index (χ2v) is 6.89. The first-order valence-corrected chi connectivity index (χ1v) is 7.38. The molecule has 1 aliphatic rings. The van der Waals surface area contributed by atoms with Gasteiger partial charge in [0, 0.05) is 13.1 Å². The number of likely N-dealkylation sites (tertiary alicyclic amines) is 1. The molecule has 0 radical (unpaired) electrons. The van der Waals surface area contributed by atoms with Gasteiger partial charge in [0.05, 0.1) is 6.10 Å². The molecule has 19 heavy (non-hydrogen) atoms. The summed E-state index contributed by atoms with van der Waals surface area (Å²) in [7, 11) is 0. The van der Waals surface area contributed by atoms with Crippen LogP contribution in [0.4, 0.5) is 0 Å². The van der Waals surface area contributed by atoms with E-state index >= 15 is 0 Å².